The predicted molar refractivity (Wildman–Crippen MR) is 64.5 cm³/mol. The highest BCUT2D eigenvalue weighted by atomic mass is 32.1. The van der Waals surface area contributed by atoms with Crippen LogP contribution < -0.4 is 0 Å². The minimum absolute atomic E-state index is 0.651. The van der Waals surface area contributed by atoms with Gasteiger partial charge in [0.1, 0.15) is 0 Å². The van der Waals surface area contributed by atoms with Crippen molar-refractivity contribution < 1.29 is 9.90 Å². The van der Waals surface area contributed by atoms with Crippen LogP contribution in [0, 0.1) is 0 Å². The van der Waals surface area contributed by atoms with Crippen molar-refractivity contribution >= 4 is 17.3 Å². The van der Waals surface area contributed by atoms with Gasteiger partial charge in [-0.1, -0.05) is 6.08 Å². The molecule has 0 aromatic carbocycles. The van der Waals surface area contributed by atoms with E-state index in [2.05, 4.69) is 21.7 Å². The maximum Gasteiger partial charge on any atom is 0.328 e. The third-order valence-electron chi connectivity index (χ3n) is 2.63. The number of hydrogen-bond acceptors (Lipinski definition) is 3. The Morgan fingerprint density at radius 2 is 2.44 bits per heavy atom. The van der Waals surface area contributed by atoms with Gasteiger partial charge in [0.05, 0.1) is 0 Å². The van der Waals surface area contributed by atoms with Gasteiger partial charge in [0, 0.05) is 25.2 Å². The van der Waals surface area contributed by atoms with Crippen LogP contribution in [-0.2, 0) is 11.3 Å². The molecule has 0 aliphatic heterocycles. The van der Waals surface area contributed by atoms with Crippen LogP contribution in [0.15, 0.2) is 29.0 Å². The van der Waals surface area contributed by atoms with Gasteiger partial charge in [-0.2, -0.15) is 11.3 Å². The number of rotatable bonds is 6. The normalized spacial score (nSPS) is 16.1. The minimum Gasteiger partial charge on any atom is -0.478 e. The largest absolute Gasteiger partial charge is 0.478 e. The molecule has 0 spiro atoms. The summed E-state index contributed by atoms with van der Waals surface area (Å²) in [6.07, 6.45) is 5.44. The summed E-state index contributed by atoms with van der Waals surface area (Å²) in [5, 5.41) is 12.8. The summed E-state index contributed by atoms with van der Waals surface area (Å²) in [5.74, 6) is -0.869. The zero-order chi connectivity index (χ0) is 11.4. The number of carboxylic acids is 1. The van der Waals surface area contributed by atoms with E-state index in [-0.39, 0.29) is 0 Å². The Balaban J connectivity index is 1.87. The molecule has 0 atom stereocenters. The fourth-order valence-electron chi connectivity index (χ4n) is 1.69. The quantitative estimate of drug-likeness (QED) is 0.772. The number of carbonyl (C=O) groups is 1. The summed E-state index contributed by atoms with van der Waals surface area (Å²) in [4.78, 5) is 12.7. The van der Waals surface area contributed by atoms with Crippen LogP contribution in [0.1, 0.15) is 18.4 Å². The van der Waals surface area contributed by atoms with Gasteiger partial charge in [0.25, 0.3) is 0 Å². The first kappa shape index (κ1) is 11.4. The molecule has 3 nitrogen and oxygen atoms in total. The molecule has 1 aliphatic rings. The topological polar surface area (TPSA) is 40.5 Å². The summed E-state index contributed by atoms with van der Waals surface area (Å²) < 4.78 is 0. The van der Waals surface area contributed by atoms with Crippen LogP contribution in [0.25, 0.3) is 0 Å². The zero-order valence-corrected chi connectivity index (χ0v) is 9.82. The van der Waals surface area contributed by atoms with Gasteiger partial charge in [-0.3, -0.25) is 4.90 Å². The van der Waals surface area contributed by atoms with Crippen molar-refractivity contribution in [3.05, 3.63) is 34.5 Å². The van der Waals surface area contributed by atoms with E-state index in [0.717, 1.165) is 13.1 Å². The van der Waals surface area contributed by atoms with Crippen LogP contribution in [0.3, 0.4) is 0 Å². The van der Waals surface area contributed by atoms with Crippen molar-refractivity contribution in [2.45, 2.75) is 25.4 Å². The highest BCUT2D eigenvalue weighted by Gasteiger charge is 2.28. The van der Waals surface area contributed by atoms with Gasteiger partial charge in [0.2, 0.25) is 0 Å². The summed E-state index contributed by atoms with van der Waals surface area (Å²) in [7, 11) is 0. The number of carboxylic acid groups (broad SMARTS) is 1. The van der Waals surface area contributed by atoms with Gasteiger partial charge < -0.3 is 5.11 Å². The lowest BCUT2D eigenvalue weighted by Gasteiger charge is -2.19. The van der Waals surface area contributed by atoms with E-state index in [9.17, 15) is 4.79 Å². The third-order valence-corrected chi connectivity index (χ3v) is 3.36. The van der Waals surface area contributed by atoms with E-state index >= 15 is 0 Å². The van der Waals surface area contributed by atoms with Gasteiger partial charge in [0.15, 0.2) is 0 Å². The second-order valence-electron chi connectivity index (χ2n) is 4.03. The molecule has 0 bridgehead atoms. The first-order valence-electron chi connectivity index (χ1n) is 5.40. The molecule has 1 aromatic heterocycles. The molecule has 0 unspecified atom stereocenters. The average Bonchev–Trinajstić information content (AvgIpc) is 2.96. The summed E-state index contributed by atoms with van der Waals surface area (Å²) in [6.45, 7) is 1.66. The average molecular weight is 237 g/mol. The maximum atomic E-state index is 10.4. The highest BCUT2D eigenvalue weighted by Crippen LogP contribution is 2.28. The first-order chi connectivity index (χ1) is 7.75. The Hall–Kier alpha value is -1.13. The molecule has 4 heteroatoms. The monoisotopic (exact) mass is 237 g/mol. The smallest absolute Gasteiger partial charge is 0.328 e. The number of aliphatic carboxylic acids is 1. The molecular weight excluding hydrogens is 222 g/mol. The fraction of sp³-hybridized carbons (Fsp3) is 0.417. The van der Waals surface area contributed by atoms with Gasteiger partial charge >= 0.3 is 5.97 Å². The first-order valence-corrected chi connectivity index (χ1v) is 6.34. The molecule has 1 fully saturated rings. The molecule has 16 heavy (non-hydrogen) atoms. The standard InChI is InChI=1S/C12H15NO2S/c14-12(15)2-1-6-13(11-3-4-11)8-10-5-7-16-9-10/h1-2,5,7,9,11H,3-4,6,8H2,(H,14,15)/b2-1+. The molecule has 1 N–H and O–H groups in total. The van der Waals surface area contributed by atoms with Crippen LogP contribution in [0.2, 0.25) is 0 Å². The molecule has 86 valence electrons. The van der Waals surface area contributed by atoms with Crippen molar-refractivity contribution in [1.82, 2.24) is 4.90 Å². The fourth-order valence-corrected chi connectivity index (χ4v) is 2.35. The second kappa shape index (κ2) is 5.27. The van der Waals surface area contributed by atoms with Crippen LogP contribution >= 0.6 is 11.3 Å². The van der Waals surface area contributed by atoms with Crippen LogP contribution in [0.5, 0.6) is 0 Å². The van der Waals surface area contributed by atoms with Crippen molar-refractivity contribution in [3.8, 4) is 0 Å². The third kappa shape index (κ3) is 3.47. The zero-order valence-electron chi connectivity index (χ0n) is 9.00. The molecule has 1 aliphatic carbocycles. The molecular formula is C12H15NO2S. The molecule has 2 rings (SSSR count). The molecule has 0 radical (unpaired) electrons. The summed E-state index contributed by atoms with van der Waals surface area (Å²) in [6, 6.07) is 2.78. The highest BCUT2D eigenvalue weighted by molar-refractivity contribution is 7.07. The lowest BCUT2D eigenvalue weighted by Crippen LogP contribution is -2.25. The van der Waals surface area contributed by atoms with E-state index in [1.165, 1.54) is 24.5 Å². The maximum absolute atomic E-state index is 10.4. The van der Waals surface area contributed by atoms with Gasteiger partial charge in [-0.25, -0.2) is 4.79 Å². The number of hydrogen-bond donors (Lipinski definition) is 1. The Bertz CT molecular complexity index is 368. The van der Waals surface area contributed by atoms with Gasteiger partial charge in [-0.05, 0) is 35.2 Å². The Morgan fingerprint density at radius 1 is 1.62 bits per heavy atom. The van der Waals surface area contributed by atoms with Crippen molar-refractivity contribution in [2.24, 2.45) is 0 Å². The molecule has 1 aromatic rings. The van der Waals surface area contributed by atoms with Crippen LogP contribution in [-0.4, -0.2) is 28.6 Å². The Morgan fingerprint density at radius 3 is 3.00 bits per heavy atom. The van der Waals surface area contributed by atoms with Crippen molar-refractivity contribution in [1.29, 1.82) is 0 Å². The van der Waals surface area contributed by atoms with E-state index in [1.807, 2.05) is 0 Å². The van der Waals surface area contributed by atoms with Crippen LogP contribution in [0.4, 0.5) is 0 Å². The van der Waals surface area contributed by atoms with Gasteiger partial charge in [-0.15, -0.1) is 0 Å². The molecule has 1 saturated carbocycles. The Labute approximate surface area is 99.0 Å². The SMILES string of the molecule is O=C(O)/C=C/CN(Cc1ccsc1)C1CC1. The lowest BCUT2D eigenvalue weighted by atomic mass is 10.3. The molecule has 0 amide bonds. The predicted octanol–water partition coefficient (Wildman–Crippen LogP) is 2.35. The van der Waals surface area contributed by atoms with E-state index in [0.29, 0.717) is 6.04 Å². The Kier molecular flexibility index (Phi) is 3.74. The lowest BCUT2D eigenvalue weighted by molar-refractivity contribution is -0.131. The summed E-state index contributed by atoms with van der Waals surface area (Å²) in [5.41, 5.74) is 1.32. The van der Waals surface area contributed by atoms with Crippen molar-refractivity contribution in [2.75, 3.05) is 6.54 Å². The van der Waals surface area contributed by atoms with E-state index in [4.69, 9.17) is 5.11 Å². The molecule has 0 saturated heterocycles. The van der Waals surface area contributed by atoms with E-state index < -0.39 is 5.97 Å². The summed E-state index contributed by atoms with van der Waals surface area (Å²) >= 11 is 1.70. The van der Waals surface area contributed by atoms with E-state index in [1.54, 1.807) is 17.4 Å². The number of thiophene rings is 1. The number of nitrogens with zero attached hydrogens (tertiary/aromatic N) is 1. The second-order valence-corrected chi connectivity index (χ2v) is 4.81. The minimum atomic E-state index is -0.869. The van der Waals surface area contributed by atoms with Crippen molar-refractivity contribution in [3.63, 3.8) is 0 Å². The molecule has 1 heterocycles.